The van der Waals surface area contributed by atoms with Gasteiger partial charge in [-0.05, 0) is 49.7 Å². The topological polar surface area (TPSA) is 78.5 Å². The summed E-state index contributed by atoms with van der Waals surface area (Å²) >= 11 is 6.00. The van der Waals surface area contributed by atoms with E-state index in [-0.39, 0.29) is 5.28 Å². The van der Waals surface area contributed by atoms with Crippen molar-refractivity contribution < 1.29 is 9.47 Å². The summed E-state index contributed by atoms with van der Waals surface area (Å²) in [5.74, 6) is 2.63. The second-order valence-electron chi connectivity index (χ2n) is 5.86. The highest BCUT2D eigenvalue weighted by Crippen LogP contribution is 2.30. The summed E-state index contributed by atoms with van der Waals surface area (Å²) in [6.07, 6.45) is 5.38. The molecule has 3 heterocycles. The molecule has 9 heteroatoms. The van der Waals surface area contributed by atoms with Crippen LogP contribution in [0.4, 0.5) is 11.6 Å². The lowest BCUT2D eigenvalue weighted by Gasteiger charge is -2.12. The van der Waals surface area contributed by atoms with Crippen molar-refractivity contribution in [3.05, 3.63) is 54.3 Å². The fraction of sp³-hybridized carbons (Fsp3) is 0.211. The Hall–Kier alpha value is -3.26. The quantitative estimate of drug-likeness (QED) is 0.504. The van der Waals surface area contributed by atoms with Crippen LogP contribution in [0, 0.1) is 0 Å². The van der Waals surface area contributed by atoms with Gasteiger partial charge in [-0.1, -0.05) is 0 Å². The van der Waals surface area contributed by atoms with Gasteiger partial charge in [0.2, 0.25) is 5.28 Å². The molecular weight excluding hydrogens is 380 g/mol. The monoisotopic (exact) mass is 398 g/mol. The molecule has 0 aliphatic rings. The van der Waals surface area contributed by atoms with Crippen LogP contribution in [-0.4, -0.2) is 37.4 Å². The maximum atomic E-state index is 6.00. The van der Waals surface area contributed by atoms with Crippen molar-refractivity contribution in [1.29, 1.82) is 0 Å². The summed E-state index contributed by atoms with van der Waals surface area (Å²) in [5.41, 5.74) is 1.71. The number of imidazole rings is 1. The zero-order valence-corrected chi connectivity index (χ0v) is 16.2. The van der Waals surface area contributed by atoms with Crippen molar-refractivity contribution in [2.45, 2.75) is 13.8 Å². The third-order valence-electron chi connectivity index (χ3n) is 4.02. The molecule has 0 spiro atoms. The maximum Gasteiger partial charge on any atom is 0.243 e. The van der Waals surface area contributed by atoms with Gasteiger partial charge >= 0.3 is 0 Å². The Labute approximate surface area is 166 Å². The predicted molar refractivity (Wildman–Crippen MR) is 107 cm³/mol. The second-order valence-corrected chi connectivity index (χ2v) is 6.19. The number of nitrogens with zero attached hydrogens (tertiary/aromatic N) is 5. The Morgan fingerprint density at radius 3 is 2.75 bits per heavy atom. The number of hydrogen-bond donors (Lipinski definition) is 1. The minimum atomic E-state index is 0.151. The maximum absolute atomic E-state index is 6.00. The Morgan fingerprint density at radius 1 is 1.11 bits per heavy atom. The number of fused-ring (bicyclic) bond motifs is 1. The molecule has 0 aliphatic heterocycles. The molecule has 144 valence electrons. The summed E-state index contributed by atoms with van der Waals surface area (Å²) in [4.78, 5) is 8.67. The van der Waals surface area contributed by atoms with Crippen molar-refractivity contribution >= 4 is 28.8 Å². The average molecular weight is 399 g/mol. The third-order valence-corrected chi connectivity index (χ3v) is 4.18. The van der Waals surface area contributed by atoms with Gasteiger partial charge in [-0.15, -0.1) is 5.10 Å². The van der Waals surface area contributed by atoms with E-state index in [1.54, 1.807) is 10.8 Å². The molecule has 0 aliphatic carbocycles. The fourth-order valence-corrected chi connectivity index (χ4v) is 3.02. The zero-order valence-electron chi connectivity index (χ0n) is 15.5. The first-order valence-corrected chi connectivity index (χ1v) is 9.27. The van der Waals surface area contributed by atoms with Crippen molar-refractivity contribution in [3.8, 4) is 17.2 Å². The van der Waals surface area contributed by atoms with Crippen LogP contribution in [0.3, 0.4) is 0 Å². The van der Waals surface area contributed by atoms with E-state index in [1.165, 1.54) is 0 Å². The van der Waals surface area contributed by atoms with Gasteiger partial charge in [-0.3, -0.25) is 0 Å². The Kier molecular flexibility index (Phi) is 5.03. The van der Waals surface area contributed by atoms with Crippen LogP contribution in [0.1, 0.15) is 13.8 Å². The number of benzene rings is 1. The highest BCUT2D eigenvalue weighted by atomic mass is 35.5. The van der Waals surface area contributed by atoms with Crippen LogP contribution in [-0.2, 0) is 0 Å². The van der Waals surface area contributed by atoms with Crippen molar-refractivity contribution in [3.63, 3.8) is 0 Å². The Balaban J connectivity index is 1.62. The minimum absolute atomic E-state index is 0.151. The van der Waals surface area contributed by atoms with Crippen LogP contribution in [0.5, 0.6) is 11.5 Å². The van der Waals surface area contributed by atoms with E-state index >= 15 is 0 Å². The third kappa shape index (κ3) is 3.59. The fourth-order valence-electron chi connectivity index (χ4n) is 2.85. The van der Waals surface area contributed by atoms with Gasteiger partial charge in [0.05, 0.1) is 25.1 Å². The van der Waals surface area contributed by atoms with Gasteiger partial charge in [-0.2, -0.15) is 4.98 Å². The zero-order chi connectivity index (χ0) is 19.5. The summed E-state index contributed by atoms with van der Waals surface area (Å²) in [6.45, 7) is 5.02. The number of halogens is 1. The van der Waals surface area contributed by atoms with E-state index in [0.717, 1.165) is 17.0 Å². The molecule has 0 bridgehead atoms. The lowest BCUT2D eigenvalue weighted by Crippen LogP contribution is -2.01. The summed E-state index contributed by atoms with van der Waals surface area (Å²) in [6, 6.07) is 9.54. The number of anilines is 2. The molecule has 0 radical (unpaired) electrons. The van der Waals surface area contributed by atoms with E-state index in [0.29, 0.717) is 30.6 Å². The van der Waals surface area contributed by atoms with Gasteiger partial charge in [-0.25, -0.2) is 9.50 Å². The average Bonchev–Trinajstić information content (AvgIpc) is 3.33. The molecule has 8 nitrogen and oxygen atoms in total. The summed E-state index contributed by atoms with van der Waals surface area (Å²) < 4.78 is 14.9. The van der Waals surface area contributed by atoms with Gasteiger partial charge < -0.3 is 19.4 Å². The van der Waals surface area contributed by atoms with Crippen molar-refractivity contribution in [2.75, 3.05) is 18.5 Å². The van der Waals surface area contributed by atoms with Crippen LogP contribution in [0.25, 0.3) is 11.2 Å². The largest absolute Gasteiger partial charge is 0.490 e. The molecule has 1 N–H and O–H groups in total. The van der Waals surface area contributed by atoms with Gasteiger partial charge in [0.15, 0.2) is 17.3 Å². The second kappa shape index (κ2) is 7.77. The van der Waals surface area contributed by atoms with Crippen molar-refractivity contribution in [1.82, 2.24) is 24.1 Å². The lowest BCUT2D eigenvalue weighted by molar-refractivity contribution is 0.287. The number of nitrogens with one attached hydrogen (secondary N) is 1. The van der Waals surface area contributed by atoms with Crippen LogP contribution in [0.2, 0.25) is 5.28 Å². The van der Waals surface area contributed by atoms with Crippen LogP contribution in [0.15, 0.2) is 49.1 Å². The summed E-state index contributed by atoms with van der Waals surface area (Å²) in [5, 5.41) is 7.46. The molecule has 4 rings (SSSR count). The molecule has 0 amide bonds. The number of ether oxygens (including phenoxy) is 2. The molecule has 0 saturated carbocycles. The first-order valence-electron chi connectivity index (χ1n) is 8.90. The molecule has 0 unspecified atom stereocenters. The summed E-state index contributed by atoms with van der Waals surface area (Å²) in [7, 11) is 0. The molecule has 28 heavy (non-hydrogen) atoms. The molecule has 1 aromatic carbocycles. The minimum Gasteiger partial charge on any atom is -0.490 e. The normalized spacial score (nSPS) is 11.0. The van der Waals surface area contributed by atoms with E-state index < -0.39 is 0 Å². The number of hydrogen-bond acceptors (Lipinski definition) is 6. The first-order chi connectivity index (χ1) is 13.7. The molecule has 0 saturated heterocycles. The molecule has 4 aromatic rings. The van der Waals surface area contributed by atoms with Crippen molar-refractivity contribution in [2.24, 2.45) is 0 Å². The van der Waals surface area contributed by atoms with E-state index in [1.807, 2.05) is 61.1 Å². The standard InChI is InChI=1S/C19H19ClN6O2/c1-3-27-15-8-7-13(10-16(15)28-4-2)25-11-17(21-12-25)22-18-14-6-5-9-26(14)24-19(20)23-18/h5-12H,3-4H2,1-2H3,(H,22,23,24). The SMILES string of the molecule is CCOc1ccc(-n2cnc(Nc3nc(Cl)nn4cccc34)c2)cc1OCC. The molecular formula is C19H19ClN6O2. The smallest absolute Gasteiger partial charge is 0.243 e. The molecule has 3 aromatic heterocycles. The Bertz CT molecular complexity index is 1110. The lowest BCUT2D eigenvalue weighted by atomic mass is 10.2. The van der Waals surface area contributed by atoms with Gasteiger partial charge in [0.1, 0.15) is 17.7 Å². The molecule has 0 fully saturated rings. The highest BCUT2D eigenvalue weighted by molar-refractivity contribution is 6.28. The first kappa shape index (κ1) is 18.1. The number of rotatable bonds is 7. The van der Waals surface area contributed by atoms with E-state index in [9.17, 15) is 0 Å². The van der Waals surface area contributed by atoms with E-state index in [2.05, 4.69) is 20.4 Å². The van der Waals surface area contributed by atoms with E-state index in [4.69, 9.17) is 21.1 Å². The predicted octanol–water partition coefficient (Wildman–Crippen LogP) is 4.11. The Morgan fingerprint density at radius 2 is 1.93 bits per heavy atom. The molecule has 0 atom stereocenters. The van der Waals surface area contributed by atoms with Crippen LogP contribution < -0.4 is 14.8 Å². The van der Waals surface area contributed by atoms with Gasteiger partial charge in [0.25, 0.3) is 0 Å². The van der Waals surface area contributed by atoms with Gasteiger partial charge in [0, 0.05) is 12.3 Å². The highest BCUT2D eigenvalue weighted by Gasteiger charge is 2.11. The number of aromatic nitrogens is 5. The van der Waals surface area contributed by atoms with Crippen LogP contribution >= 0.6 is 11.6 Å².